The average molecular weight is 435 g/mol. The molecule has 3 aromatic carbocycles. The average Bonchev–Trinajstić information content (AvgIpc) is 2.67. The van der Waals surface area contributed by atoms with E-state index in [9.17, 15) is 13.2 Å². The number of benzene rings is 3. The van der Waals surface area contributed by atoms with E-state index in [2.05, 4.69) is 0 Å². The van der Waals surface area contributed by atoms with Crippen molar-refractivity contribution >= 4 is 39.1 Å². The molecule has 0 fully saturated rings. The molecule has 3 rings (SSSR count). The molecule has 0 radical (unpaired) electrons. The lowest BCUT2D eigenvalue weighted by Crippen LogP contribution is -2.21. The van der Waals surface area contributed by atoms with Crippen molar-refractivity contribution in [3.05, 3.63) is 99.5 Å². The van der Waals surface area contributed by atoms with Gasteiger partial charge in [0, 0.05) is 16.1 Å². The summed E-state index contributed by atoms with van der Waals surface area (Å²) in [5.74, 6) is -0.601. The van der Waals surface area contributed by atoms with Gasteiger partial charge in [0.05, 0.1) is 9.92 Å². The molecule has 3 aromatic rings. The second-order valence-corrected chi connectivity index (χ2v) is 8.42. The van der Waals surface area contributed by atoms with Crippen LogP contribution in [0.25, 0.3) is 0 Å². The SMILES string of the molecule is Cc1ccccc1S(=O)(=O)OC(C(=O)c1ccccc1Cl)c1ccccc1Cl. The summed E-state index contributed by atoms with van der Waals surface area (Å²) >= 11 is 12.4. The normalized spacial score (nSPS) is 12.5. The Morgan fingerprint density at radius 1 is 0.857 bits per heavy atom. The summed E-state index contributed by atoms with van der Waals surface area (Å²) in [6.07, 6.45) is -1.47. The predicted octanol–water partition coefficient (Wildman–Crippen LogP) is 5.63. The Balaban J connectivity index is 2.10. The number of carbonyl (C=O) groups is 1. The van der Waals surface area contributed by atoms with Crippen molar-refractivity contribution in [2.75, 3.05) is 0 Å². The molecule has 0 aliphatic carbocycles. The zero-order valence-electron chi connectivity index (χ0n) is 14.8. The van der Waals surface area contributed by atoms with Gasteiger partial charge < -0.3 is 0 Å². The van der Waals surface area contributed by atoms with Crippen molar-refractivity contribution in [3.63, 3.8) is 0 Å². The first kappa shape index (κ1) is 20.6. The van der Waals surface area contributed by atoms with E-state index in [0.29, 0.717) is 5.56 Å². The van der Waals surface area contributed by atoms with E-state index in [4.69, 9.17) is 27.4 Å². The molecule has 0 heterocycles. The molecule has 144 valence electrons. The van der Waals surface area contributed by atoms with Crippen LogP contribution >= 0.6 is 23.2 Å². The van der Waals surface area contributed by atoms with Gasteiger partial charge in [0.15, 0.2) is 11.9 Å². The first-order valence-corrected chi connectivity index (χ1v) is 10.5. The molecule has 0 aromatic heterocycles. The van der Waals surface area contributed by atoms with Crippen molar-refractivity contribution in [1.82, 2.24) is 0 Å². The van der Waals surface area contributed by atoms with Crippen molar-refractivity contribution in [1.29, 1.82) is 0 Å². The minimum absolute atomic E-state index is 0.0148. The van der Waals surface area contributed by atoms with Crippen LogP contribution in [-0.4, -0.2) is 14.2 Å². The van der Waals surface area contributed by atoms with Crippen LogP contribution in [0, 0.1) is 6.92 Å². The number of rotatable bonds is 6. The summed E-state index contributed by atoms with van der Waals surface area (Å²) in [5.41, 5.74) is 0.894. The summed E-state index contributed by atoms with van der Waals surface area (Å²) in [6, 6.07) is 19.2. The topological polar surface area (TPSA) is 60.4 Å². The van der Waals surface area contributed by atoms with Gasteiger partial charge >= 0.3 is 0 Å². The van der Waals surface area contributed by atoms with Crippen LogP contribution in [0.1, 0.15) is 27.6 Å². The maximum atomic E-state index is 13.2. The number of hydrogen-bond acceptors (Lipinski definition) is 4. The number of halogens is 2. The highest BCUT2D eigenvalue weighted by Crippen LogP contribution is 2.33. The number of aryl methyl sites for hydroxylation is 1. The summed E-state index contributed by atoms with van der Waals surface area (Å²) in [6.45, 7) is 1.65. The highest BCUT2D eigenvalue weighted by atomic mass is 35.5. The monoisotopic (exact) mass is 434 g/mol. The summed E-state index contributed by atoms with van der Waals surface area (Å²) in [7, 11) is -4.24. The second kappa shape index (κ2) is 8.45. The van der Waals surface area contributed by atoms with Gasteiger partial charge in [-0.15, -0.1) is 0 Å². The fourth-order valence-corrected chi connectivity index (χ4v) is 4.46. The first-order valence-electron chi connectivity index (χ1n) is 8.33. The second-order valence-electron chi connectivity index (χ2n) is 6.06. The Bertz CT molecular complexity index is 1130. The van der Waals surface area contributed by atoms with E-state index < -0.39 is 22.0 Å². The molecule has 1 atom stereocenters. The molecular weight excluding hydrogens is 419 g/mol. The number of carbonyl (C=O) groups excluding carboxylic acids is 1. The van der Waals surface area contributed by atoms with Crippen LogP contribution in [0.2, 0.25) is 10.0 Å². The molecule has 28 heavy (non-hydrogen) atoms. The lowest BCUT2D eigenvalue weighted by Gasteiger charge is -2.19. The Labute approximate surface area is 173 Å². The Kier molecular flexibility index (Phi) is 6.20. The number of ketones is 1. The van der Waals surface area contributed by atoms with Crippen molar-refractivity contribution in [2.24, 2.45) is 0 Å². The van der Waals surface area contributed by atoms with E-state index >= 15 is 0 Å². The largest absolute Gasteiger partial charge is 0.298 e. The molecule has 1 unspecified atom stereocenters. The lowest BCUT2D eigenvalue weighted by atomic mass is 10.00. The zero-order valence-corrected chi connectivity index (χ0v) is 17.1. The molecule has 0 aliphatic rings. The minimum Gasteiger partial charge on any atom is -0.291 e. The van der Waals surface area contributed by atoms with Crippen LogP contribution in [0.5, 0.6) is 0 Å². The molecule has 4 nitrogen and oxygen atoms in total. The molecule has 0 spiro atoms. The predicted molar refractivity (Wildman–Crippen MR) is 109 cm³/mol. The molecule has 0 bridgehead atoms. The first-order chi connectivity index (χ1) is 13.3. The molecule has 0 N–H and O–H groups in total. The van der Waals surface area contributed by atoms with Gasteiger partial charge in [0.25, 0.3) is 10.1 Å². The quantitative estimate of drug-likeness (QED) is 0.372. The van der Waals surface area contributed by atoms with Gasteiger partial charge in [0.2, 0.25) is 0 Å². The summed E-state index contributed by atoms with van der Waals surface area (Å²) in [4.78, 5) is 13.2. The van der Waals surface area contributed by atoms with E-state index in [-0.39, 0.29) is 26.1 Å². The Morgan fingerprint density at radius 3 is 2.07 bits per heavy atom. The van der Waals surface area contributed by atoms with Gasteiger partial charge in [-0.3, -0.25) is 4.79 Å². The molecule has 0 saturated heterocycles. The maximum absolute atomic E-state index is 13.2. The number of Topliss-reactive ketones (excluding diaryl/α,β-unsaturated/α-hetero) is 1. The smallest absolute Gasteiger partial charge is 0.291 e. The van der Waals surface area contributed by atoms with Crippen LogP contribution in [0.15, 0.2) is 77.7 Å². The van der Waals surface area contributed by atoms with Crippen LogP contribution in [0.4, 0.5) is 0 Å². The third-order valence-corrected chi connectivity index (χ3v) is 6.27. The lowest BCUT2D eigenvalue weighted by molar-refractivity contribution is 0.0801. The Morgan fingerprint density at radius 2 is 1.43 bits per heavy atom. The summed E-state index contributed by atoms with van der Waals surface area (Å²) < 4.78 is 31.3. The van der Waals surface area contributed by atoms with Gasteiger partial charge in [-0.25, -0.2) is 4.18 Å². The third-order valence-electron chi connectivity index (χ3n) is 4.15. The zero-order chi connectivity index (χ0) is 20.3. The number of hydrogen-bond donors (Lipinski definition) is 0. The van der Waals surface area contributed by atoms with Gasteiger partial charge in [-0.2, -0.15) is 8.42 Å². The highest BCUT2D eigenvalue weighted by Gasteiger charge is 2.32. The van der Waals surface area contributed by atoms with Gasteiger partial charge in [-0.05, 0) is 36.8 Å². The Hall–Kier alpha value is -2.18. The third kappa shape index (κ3) is 4.28. The summed E-state index contributed by atoms with van der Waals surface area (Å²) in [5, 5.41) is 0.411. The molecule has 0 amide bonds. The molecule has 7 heteroatoms. The standard InChI is InChI=1S/C21H16Cl2O4S/c1-14-8-2-7-13-19(14)28(25,26)27-21(16-10-4-6-12-18(16)23)20(24)15-9-3-5-11-17(15)22/h2-13,21H,1H3. The van der Waals surface area contributed by atoms with Crippen molar-refractivity contribution in [3.8, 4) is 0 Å². The van der Waals surface area contributed by atoms with Gasteiger partial charge in [-0.1, -0.05) is 71.7 Å². The van der Waals surface area contributed by atoms with Crippen LogP contribution in [0.3, 0.4) is 0 Å². The fourth-order valence-electron chi connectivity index (χ4n) is 2.74. The maximum Gasteiger partial charge on any atom is 0.298 e. The molecule has 0 saturated carbocycles. The van der Waals surface area contributed by atoms with E-state index in [1.165, 1.54) is 12.1 Å². The van der Waals surface area contributed by atoms with Crippen molar-refractivity contribution in [2.45, 2.75) is 17.9 Å². The fraction of sp³-hybridized carbons (Fsp3) is 0.0952. The minimum atomic E-state index is -4.24. The molecular formula is C21H16Cl2O4S. The van der Waals surface area contributed by atoms with Gasteiger partial charge in [0.1, 0.15) is 0 Å². The van der Waals surface area contributed by atoms with E-state index in [1.54, 1.807) is 67.6 Å². The van der Waals surface area contributed by atoms with Crippen molar-refractivity contribution < 1.29 is 17.4 Å². The van der Waals surface area contributed by atoms with Crippen LogP contribution < -0.4 is 0 Å². The highest BCUT2D eigenvalue weighted by molar-refractivity contribution is 7.86. The molecule has 0 aliphatic heterocycles. The van der Waals surface area contributed by atoms with Crippen LogP contribution in [-0.2, 0) is 14.3 Å². The van der Waals surface area contributed by atoms with E-state index in [0.717, 1.165) is 0 Å². The van der Waals surface area contributed by atoms with E-state index in [1.807, 2.05) is 0 Å².